The lowest BCUT2D eigenvalue weighted by Crippen LogP contribution is -2.52. The Balaban J connectivity index is 2.21. The van der Waals surface area contributed by atoms with E-state index in [0.29, 0.717) is 12.5 Å². The van der Waals surface area contributed by atoms with Gasteiger partial charge in [0.2, 0.25) is 0 Å². The second-order valence-corrected chi connectivity index (χ2v) is 5.61. The molecule has 1 heterocycles. The molecule has 0 aromatic heterocycles. The van der Waals surface area contributed by atoms with Crippen LogP contribution in [0.25, 0.3) is 0 Å². The zero-order valence-corrected chi connectivity index (χ0v) is 12.1. The van der Waals surface area contributed by atoms with Crippen LogP contribution >= 0.6 is 15.9 Å². The number of amides is 2. The van der Waals surface area contributed by atoms with Crippen LogP contribution in [0.1, 0.15) is 6.42 Å². The predicted octanol–water partition coefficient (Wildman–Crippen LogP) is 2.29. The van der Waals surface area contributed by atoms with Crippen LogP contribution in [-0.2, 0) is 0 Å². The Morgan fingerprint density at radius 1 is 1.44 bits per heavy atom. The number of anilines is 1. The fourth-order valence-electron chi connectivity index (χ4n) is 2.34. The first-order chi connectivity index (χ1) is 8.61. The second-order valence-electron chi connectivity index (χ2n) is 4.70. The Hall–Kier alpha value is -1.07. The molecule has 1 aliphatic rings. The molecule has 0 aliphatic carbocycles. The van der Waals surface area contributed by atoms with E-state index in [0.717, 1.165) is 29.7 Å². The topological polar surface area (TPSA) is 49.6 Å². The Morgan fingerprint density at radius 2 is 2.22 bits per heavy atom. The summed E-state index contributed by atoms with van der Waals surface area (Å²) >= 11 is 3.44. The normalized spacial score (nSPS) is 20.4. The number of urea groups is 1. The van der Waals surface area contributed by atoms with Gasteiger partial charge in [-0.2, -0.15) is 0 Å². The molecule has 1 aliphatic heterocycles. The standard InChI is InChI=1S/C13H18BrN3O/c1-16-8-10(5-6-15)9-17(13(16)18)12-4-2-3-11(14)7-12/h2-4,7,10H,5-6,8-9,15H2,1H3. The summed E-state index contributed by atoms with van der Waals surface area (Å²) in [5.74, 6) is 0.441. The van der Waals surface area contributed by atoms with Gasteiger partial charge in [-0.05, 0) is 37.1 Å². The van der Waals surface area contributed by atoms with Gasteiger partial charge >= 0.3 is 6.03 Å². The lowest BCUT2D eigenvalue weighted by atomic mass is 10.0. The van der Waals surface area contributed by atoms with Crippen LogP contribution in [0.5, 0.6) is 0 Å². The van der Waals surface area contributed by atoms with E-state index in [1.807, 2.05) is 36.2 Å². The van der Waals surface area contributed by atoms with E-state index in [-0.39, 0.29) is 6.03 Å². The maximum atomic E-state index is 12.2. The first-order valence-electron chi connectivity index (χ1n) is 6.10. The number of carbonyl (C=O) groups is 1. The van der Waals surface area contributed by atoms with Gasteiger partial charge in [0, 0.05) is 30.3 Å². The SMILES string of the molecule is CN1CC(CCN)CN(c2cccc(Br)c2)C1=O. The molecule has 0 saturated carbocycles. The van der Waals surface area contributed by atoms with E-state index in [9.17, 15) is 4.79 Å². The van der Waals surface area contributed by atoms with Crippen LogP contribution in [-0.4, -0.2) is 37.6 Å². The molecule has 4 nitrogen and oxygen atoms in total. The molecule has 98 valence electrons. The second kappa shape index (κ2) is 5.71. The Morgan fingerprint density at radius 3 is 2.89 bits per heavy atom. The van der Waals surface area contributed by atoms with Crippen LogP contribution in [0.3, 0.4) is 0 Å². The van der Waals surface area contributed by atoms with E-state index in [1.54, 1.807) is 4.90 Å². The van der Waals surface area contributed by atoms with Crippen molar-refractivity contribution in [1.82, 2.24) is 4.90 Å². The van der Waals surface area contributed by atoms with Crippen LogP contribution < -0.4 is 10.6 Å². The van der Waals surface area contributed by atoms with Crippen molar-refractivity contribution >= 4 is 27.6 Å². The van der Waals surface area contributed by atoms with Crippen LogP contribution in [0.15, 0.2) is 28.7 Å². The fourth-order valence-corrected chi connectivity index (χ4v) is 2.73. The molecule has 2 N–H and O–H groups in total. The molecule has 1 saturated heterocycles. The van der Waals surface area contributed by atoms with Gasteiger partial charge in [0.05, 0.1) is 0 Å². The number of nitrogens with zero attached hydrogens (tertiary/aromatic N) is 2. The average Bonchev–Trinajstić information content (AvgIpc) is 2.34. The van der Waals surface area contributed by atoms with Crippen molar-refractivity contribution in [1.29, 1.82) is 0 Å². The summed E-state index contributed by atoms with van der Waals surface area (Å²) in [4.78, 5) is 15.8. The highest BCUT2D eigenvalue weighted by molar-refractivity contribution is 9.10. The van der Waals surface area contributed by atoms with Crippen molar-refractivity contribution in [3.8, 4) is 0 Å². The van der Waals surface area contributed by atoms with Gasteiger partial charge in [0.15, 0.2) is 0 Å². The zero-order valence-electron chi connectivity index (χ0n) is 10.5. The summed E-state index contributed by atoms with van der Waals surface area (Å²) in [5.41, 5.74) is 6.55. The summed E-state index contributed by atoms with van der Waals surface area (Å²) in [5, 5.41) is 0. The molecule has 18 heavy (non-hydrogen) atoms. The summed E-state index contributed by atoms with van der Waals surface area (Å²) in [6.45, 7) is 2.20. The lowest BCUT2D eigenvalue weighted by Gasteiger charge is -2.38. The summed E-state index contributed by atoms with van der Waals surface area (Å²) in [6, 6.07) is 7.89. The Labute approximate surface area is 116 Å². The van der Waals surface area contributed by atoms with E-state index >= 15 is 0 Å². The number of hydrogen-bond donors (Lipinski definition) is 1. The summed E-state index contributed by atoms with van der Waals surface area (Å²) in [6.07, 6.45) is 0.947. The minimum Gasteiger partial charge on any atom is -0.330 e. The van der Waals surface area contributed by atoms with E-state index in [4.69, 9.17) is 5.73 Å². The van der Waals surface area contributed by atoms with Gasteiger partial charge in [-0.1, -0.05) is 22.0 Å². The van der Waals surface area contributed by atoms with Crippen LogP contribution in [0, 0.1) is 5.92 Å². The lowest BCUT2D eigenvalue weighted by molar-refractivity contribution is 0.191. The van der Waals surface area contributed by atoms with Crippen LogP contribution in [0.2, 0.25) is 0 Å². The first-order valence-corrected chi connectivity index (χ1v) is 6.89. The molecule has 5 heteroatoms. The van der Waals surface area contributed by atoms with Gasteiger partial charge in [0.1, 0.15) is 0 Å². The van der Waals surface area contributed by atoms with Crippen molar-refractivity contribution < 1.29 is 4.79 Å². The van der Waals surface area contributed by atoms with Crippen molar-refractivity contribution in [3.05, 3.63) is 28.7 Å². The van der Waals surface area contributed by atoms with Crippen LogP contribution in [0.4, 0.5) is 10.5 Å². The fraction of sp³-hybridized carbons (Fsp3) is 0.462. The molecule has 1 aromatic carbocycles. The number of rotatable bonds is 3. The summed E-state index contributed by atoms with van der Waals surface area (Å²) in [7, 11) is 1.84. The molecule has 1 aromatic rings. The van der Waals surface area contributed by atoms with Gasteiger partial charge in [-0.25, -0.2) is 4.79 Å². The third-order valence-corrected chi connectivity index (χ3v) is 3.72. The van der Waals surface area contributed by atoms with Crippen molar-refractivity contribution in [3.63, 3.8) is 0 Å². The number of nitrogens with two attached hydrogens (primary N) is 1. The summed E-state index contributed by atoms with van der Waals surface area (Å²) < 4.78 is 0.983. The quantitative estimate of drug-likeness (QED) is 0.931. The highest BCUT2D eigenvalue weighted by atomic mass is 79.9. The number of halogens is 1. The Bertz CT molecular complexity index is 438. The molecule has 1 fully saturated rings. The monoisotopic (exact) mass is 311 g/mol. The van der Waals surface area contributed by atoms with Gasteiger partial charge in [0.25, 0.3) is 0 Å². The van der Waals surface area contributed by atoms with Gasteiger partial charge < -0.3 is 10.6 Å². The molecule has 1 atom stereocenters. The van der Waals surface area contributed by atoms with E-state index in [2.05, 4.69) is 15.9 Å². The number of carbonyl (C=O) groups excluding carboxylic acids is 1. The van der Waals surface area contributed by atoms with Crippen molar-refractivity contribution in [2.24, 2.45) is 11.7 Å². The molecule has 2 rings (SSSR count). The average molecular weight is 312 g/mol. The number of hydrogen-bond acceptors (Lipinski definition) is 2. The minimum absolute atomic E-state index is 0.0568. The molecule has 0 bridgehead atoms. The van der Waals surface area contributed by atoms with Gasteiger partial charge in [-0.3, -0.25) is 4.90 Å². The highest BCUT2D eigenvalue weighted by Gasteiger charge is 2.30. The van der Waals surface area contributed by atoms with Gasteiger partial charge in [-0.15, -0.1) is 0 Å². The third-order valence-electron chi connectivity index (χ3n) is 3.23. The van der Waals surface area contributed by atoms with Crippen molar-refractivity contribution in [2.45, 2.75) is 6.42 Å². The molecular formula is C13H18BrN3O. The molecular weight excluding hydrogens is 294 g/mol. The number of benzene rings is 1. The highest BCUT2D eigenvalue weighted by Crippen LogP contribution is 2.25. The predicted molar refractivity (Wildman–Crippen MR) is 76.7 cm³/mol. The Kier molecular flexibility index (Phi) is 4.24. The maximum absolute atomic E-state index is 12.2. The maximum Gasteiger partial charge on any atom is 0.324 e. The smallest absolute Gasteiger partial charge is 0.324 e. The molecule has 1 unspecified atom stereocenters. The largest absolute Gasteiger partial charge is 0.330 e. The van der Waals surface area contributed by atoms with E-state index < -0.39 is 0 Å². The zero-order chi connectivity index (χ0) is 13.1. The first kappa shape index (κ1) is 13.4. The molecule has 0 radical (unpaired) electrons. The molecule has 0 spiro atoms. The minimum atomic E-state index is 0.0568. The third kappa shape index (κ3) is 2.84. The van der Waals surface area contributed by atoms with Crippen molar-refractivity contribution in [2.75, 3.05) is 31.6 Å². The van der Waals surface area contributed by atoms with E-state index in [1.165, 1.54) is 0 Å². The molecule has 2 amide bonds.